The minimum absolute atomic E-state index is 0.319. The standard InChI is InChI=1S/C22H16N2O4/c1-27-22(26)16-6-4-5-15(13-16)20(25)23-17-11-9-14(10-12-17)21-24-18-7-2-3-8-19(18)28-21/h2-13H,1H3,(H,23,25). The van der Waals surface area contributed by atoms with Crippen molar-refractivity contribution >= 4 is 28.7 Å². The molecule has 6 nitrogen and oxygen atoms in total. The van der Waals surface area contributed by atoms with E-state index >= 15 is 0 Å². The van der Waals surface area contributed by atoms with Crippen LogP contribution < -0.4 is 5.32 Å². The summed E-state index contributed by atoms with van der Waals surface area (Å²) in [5.41, 5.74) is 3.63. The number of ether oxygens (including phenoxy) is 1. The maximum absolute atomic E-state index is 12.5. The highest BCUT2D eigenvalue weighted by Crippen LogP contribution is 2.25. The number of carbonyl (C=O) groups excluding carboxylic acids is 2. The lowest BCUT2D eigenvalue weighted by Gasteiger charge is -2.07. The average molecular weight is 372 g/mol. The summed E-state index contributed by atoms with van der Waals surface area (Å²) in [6, 6.07) is 21.1. The fourth-order valence-electron chi connectivity index (χ4n) is 2.80. The number of benzene rings is 3. The summed E-state index contributed by atoms with van der Waals surface area (Å²) in [5, 5.41) is 2.81. The molecule has 4 rings (SSSR count). The molecule has 138 valence electrons. The van der Waals surface area contributed by atoms with Gasteiger partial charge in [0.1, 0.15) is 5.52 Å². The Morgan fingerprint density at radius 1 is 0.929 bits per heavy atom. The van der Waals surface area contributed by atoms with Gasteiger partial charge in [0.25, 0.3) is 5.91 Å². The van der Waals surface area contributed by atoms with Gasteiger partial charge in [0.15, 0.2) is 5.58 Å². The van der Waals surface area contributed by atoms with Crippen LogP contribution in [0.3, 0.4) is 0 Å². The van der Waals surface area contributed by atoms with Crippen LogP contribution in [0.4, 0.5) is 5.69 Å². The molecule has 1 heterocycles. The van der Waals surface area contributed by atoms with E-state index in [1.54, 1.807) is 30.3 Å². The van der Waals surface area contributed by atoms with E-state index < -0.39 is 5.97 Å². The number of carbonyl (C=O) groups is 2. The first-order chi connectivity index (χ1) is 13.6. The van der Waals surface area contributed by atoms with E-state index in [-0.39, 0.29) is 5.91 Å². The highest BCUT2D eigenvalue weighted by molar-refractivity contribution is 6.05. The van der Waals surface area contributed by atoms with Gasteiger partial charge >= 0.3 is 5.97 Å². The van der Waals surface area contributed by atoms with Crippen molar-refractivity contribution in [2.75, 3.05) is 12.4 Å². The Kier molecular flexibility index (Phi) is 4.60. The molecule has 0 fully saturated rings. The summed E-state index contributed by atoms with van der Waals surface area (Å²) in [7, 11) is 1.30. The summed E-state index contributed by atoms with van der Waals surface area (Å²) in [4.78, 5) is 28.5. The zero-order valence-electron chi connectivity index (χ0n) is 15.0. The fraction of sp³-hybridized carbons (Fsp3) is 0.0455. The molecular weight excluding hydrogens is 356 g/mol. The van der Waals surface area contributed by atoms with E-state index in [1.807, 2.05) is 36.4 Å². The van der Waals surface area contributed by atoms with Crippen molar-refractivity contribution in [1.29, 1.82) is 0 Å². The number of hydrogen-bond acceptors (Lipinski definition) is 5. The molecule has 0 radical (unpaired) electrons. The molecule has 28 heavy (non-hydrogen) atoms. The second-order valence-electron chi connectivity index (χ2n) is 6.09. The number of aromatic nitrogens is 1. The van der Waals surface area contributed by atoms with Crippen molar-refractivity contribution in [1.82, 2.24) is 4.98 Å². The molecule has 0 saturated carbocycles. The van der Waals surface area contributed by atoms with Crippen LogP contribution in [0.1, 0.15) is 20.7 Å². The molecule has 0 spiro atoms. The smallest absolute Gasteiger partial charge is 0.337 e. The zero-order chi connectivity index (χ0) is 19.5. The average Bonchev–Trinajstić information content (AvgIpc) is 3.18. The van der Waals surface area contributed by atoms with Gasteiger partial charge in [-0.2, -0.15) is 0 Å². The molecule has 0 bridgehead atoms. The first kappa shape index (κ1) is 17.5. The molecule has 1 N–H and O–H groups in total. The number of methoxy groups -OCH3 is 1. The lowest BCUT2D eigenvalue weighted by molar-refractivity contribution is 0.0600. The third-order valence-corrected chi connectivity index (χ3v) is 4.23. The minimum atomic E-state index is -0.489. The minimum Gasteiger partial charge on any atom is -0.465 e. The number of hydrogen-bond donors (Lipinski definition) is 1. The van der Waals surface area contributed by atoms with Gasteiger partial charge in [-0.3, -0.25) is 4.79 Å². The topological polar surface area (TPSA) is 81.4 Å². The van der Waals surface area contributed by atoms with Gasteiger partial charge in [0.2, 0.25) is 5.89 Å². The summed E-state index contributed by atoms with van der Waals surface area (Å²) < 4.78 is 10.4. The Balaban J connectivity index is 1.51. The molecule has 0 aliphatic rings. The maximum Gasteiger partial charge on any atom is 0.337 e. The van der Waals surface area contributed by atoms with Gasteiger partial charge in [0, 0.05) is 16.8 Å². The van der Waals surface area contributed by atoms with Crippen LogP contribution in [0.15, 0.2) is 77.2 Å². The van der Waals surface area contributed by atoms with Crippen LogP contribution in [0.5, 0.6) is 0 Å². The van der Waals surface area contributed by atoms with Gasteiger partial charge in [-0.25, -0.2) is 9.78 Å². The lowest BCUT2D eigenvalue weighted by atomic mass is 10.1. The second kappa shape index (κ2) is 7.36. The second-order valence-corrected chi connectivity index (χ2v) is 6.09. The van der Waals surface area contributed by atoms with Gasteiger partial charge in [-0.15, -0.1) is 0 Å². The number of nitrogens with zero attached hydrogens (tertiary/aromatic N) is 1. The monoisotopic (exact) mass is 372 g/mol. The lowest BCUT2D eigenvalue weighted by Crippen LogP contribution is -2.13. The SMILES string of the molecule is COC(=O)c1cccc(C(=O)Nc2ccc(-c3nc4ccccc4o3)cc2)c1. The van der Waals surface area contributed by atoms with Gasteiger partial charge in [-0.1, -0.05) is 18.2 Å². The number of para-hydroxylation sites is 2. The predicted molar refractivity (Wildman–Crippen MR) is 105 cm³/mol. The van der Waals surface area contributed by atoms with E-state index in [4.69, 9.17) is 4.42 Å². The van der Waals surface area contributed by atoms with Gasteiger partial charge < -0.3 is 14.5 Å². The third kappa shape index (κ3) is 3.48. The van der Waals surface area contributed by atoms with Crippen LogP contribution >= 0.6 is 0 Å². The fourth-order valence-corrected chi connectivity index (χ4v) is 2.80. The van der Waals surface area contributed by atoms with Crippen molar-refractivity contribution in [2.45, 2.75) is 0 Å². The van der Waals surface area contributed by atoms with Crippen LogP contribution in [0.25, 0.3) is 22.6 Å². The Labute approximate surface area is 160 Å². The van der Waals surface area contributed by atoms with Crippen molar-refractivity contribution in [3.63, 3.8) is 0 Å². The highest BCUT2D eigenvalue weighted by Gasteiger charge is 2.12. The number of oxazole rings is 1. The Morgan fingerprint density at radius 2 is 1.68 bits per heavy atom. The summed E-state index contributed by atoms with van der Waals surface area (Å²) >= 11 is 0. The summed E-state index contributed by atoms with van der Waals surface area (Å²) in [6.45, 7) is 0. The van der Waals surface area contributed by atoms with Gasteiger partial charge in [-0.05, 0) is 54.6 Å². The molecule has 4 aromatic rings. The molecule has 0 unspecified atom stereocenters. The zero-order valence-corrected chi connectivity index (χ0v) is 15.0. The van der Waals surface area contributed by atoms with Crippen LogP contribution in [0.2, 0.25) is 0 Å². The van der Waals surface area contributed by atoms with Gasteiger partial charge in [0.05, 0.1) is 12.7 Å². The molecule has 6 heteroatoms. The molecule has 0 atom stereocenters. The van der Waals surface area contributed by atoms with E-state index in [0.29, 0.717) is 22.7 Å². The van der Waals surface area contributed by atoms with Crippen LogP contribution in [-0.2, 0) is 4.74 Å². The number of esters is 1. The molecule has 1 amide bonds. The predicted octanol–water partition coefficient (Wildman–Crippen LogP) is 4.53. The Hall–Kier alpha value is -3.93. The Morgan fingerprint density at radius 3 is 2.43 bits per heavy atom. The Bertz CT molecular complexity index is 1130. The third-order valence-electron chi connectivity index (χ3n) is 4.23. The quantitative estimate of drug-likeness (QED) is 0.532. The highest BCUT2D eigenvalue weighted by atomic mass is 16.5. The summed E-state index contributed by atoms with van der Waals surface area (Å²) in [5.74, 6) is -0.289. The molecular formula is C22H16N2O4. The van der Waals surface area contributed by atoms with Crippen molar-refractivity contribution in [3.05, 3.63) is 83.9 Å². The number of amides is 1. The number of nitrogens with one attached hydrogen (secondary N) is 1. The van der Waals surface area contributed by atoms with E-state index in [2.05, 4.69) is 15.0 Å². The molecule has 3 aromatic carbocycles. The number of anilines is 1. The van der Waals surface area contributed by atoms with E-state index in [1.165, 1.54) is 13.2 Å². The van der Waals surface area contributed by atoms with E-state index in [9.17, 15) is 9.59 Å². The van der Waals surface area contributed by atoms with Crippen molar-refractivity contribution < 1.29 is 18.7 Å². The molecule has 1 aromatic heterocycles. The number of fused-ring (bicyclic) bond motifs is 1. The van der Waals surface area contributed by atoms with E-state index in [0.717, 1.165) is 16.7 Å². The number of rotatable bonds is 4. The first-order valence-electron chi connectivity index (χ1n) is 8.60. The molecule has 0 saturated heterocycles. The van der Waals surface area contributed by atoms with Crippen molar-refractivity contribution in [2.24, 2.45) is 0 Å². The normalized spacial score (nSPS) is 10.6. The molecule has 0 aliphatic heterocycles. The maximum atomic E-state index is 12.5. The first-order valence-corrected chi connectivity index (χ1v) is 8.60. The van der Waals surface area contributed by atoms with Crippen molar-refractivity contribution in [3.8, 4) is 11.5 Å². The van der Waals surface area contributed by atoms with Crippen LogP contribution in [0, 0.1) is 0 Å². The summed E-state index contributed by atoms with van der Waals surface area (Å²) in [6.07, 6.45) is 0. The molecule has 0 aliphatic carbocycles. The largest absolute Gasteiger partial charge is 0.465 e. The van der Waals surface area contributed by atoms with Crippen LogP contribution in [-0.4, -0.2) is 24.0 Å².